The number of ketones is 1. The Balaban J connectivity index is 1.60. The maximum Gasteiger partial charge on any atom is 0.234 e. The Morgan fingerprint density at radius 2 is 1.79 bits per heavy atom. The van der Waals surface area contributed by atoms with E-state index in [9.17, 15) is 14.0 Å². The Bertz CT molecular complexity index is 979. The summed E-state index contributed by atoms with van der Waals surface area (Å²) in [6.07, 6.45) is 0. The number of halogens is 1. The maximum atomic E-state index is 12.9. The van der Waals surface area contributed by atoms with Crippen molar-refractivity contribution in [2.45, 2.75) is 20.4 Å². The lowest BCUT2D eigenvalue weighted by Crippen LogP contribution is -2.39. The van der Waals surface area contributed by atoms with Crippen LogP contribution in [0.1, 0.15) is 28.5 Å². The van der Waals surface area contributed by atoms with Crippen LogP contribution in [0.15, 0.2) is 48.5 Å². The van der Waals surface area contributed by atoms with Crippen molar-refractivity contribution in [1.29, 1.82) is 0 Å². The summed E-state index contributed by atoms with van der Waals surface area (Å²) < 4.78 is 12.9. The number of aromatic nitrogens is 1. The van der Waals surface area contributed by atoms with Gasteiger partial charge in [-0.25, -0.2) is 4.39 Å². The fourth-order valence-corrected chi connectivity index (χ4v) is 3.26. The number of rotatable bonds is 8. The Morgan fingerprint density at radius 1 is 1.07 bits per heavy atom. The van der Waals surface area contributed by atoms with E-state index in [2.05, 4.69) is 10.3 Å². The first kappa shape index (κ1) is 19.8. The molecule has 0 saturated heterocycles. The van der Waals surface area contributed by atoms with Gasteiger partial charge in [-0.3, -0.25) is 14.5 Å². The number of hydrogen-bond acceptors (Lipinski definition) is 3. The number of aromatic amines is 1. The van der Waals surface area contributed by atoms with Gasteiger partial charge in [0.15, 0.2) is 5.78 Å². The second-order valence-corrected chi connectivity index (χ2v) is 6.80. The zero-order chi connectivity index (χ0) is 20.1. The van der Waals surface area contributed by atoms with Crippen LogP contribution in [0.3, 0.4) is 0 Å². The van der Waals surface area contributed by atoms with Gasteiger partial charge >= 0.3 is 0 Å². The van der Waals surface area contributed by atoms with Crippen molar-refractivity contribution in [3.05, 3.63) is 71.2 Å². The lowest BCUT2D eigenvalue weighted by atomic mass is 10.1. The van der Waals surface area contributed by atoms with Gasteiger partial charge in [0.2, 0.25) is 5.91 Å². The van der Waals surface area contributed by atoms with Gasteiger partial charge in [0.25, 0.3) is 0 Å². The third-order valence-electron chi connectivity index (χ3n) is 4.76. The zero-order valence-electron chi connectivity index (χ0n) is 16.1. The number of Topliss-reactive ketones (excluding diaryl/α,β-unsaturated/α-hetero) is 1. The highest BCUT2D eigenvalue weighted by Crippen LogP contribution is 2.22. The van der Waals surface area contributed by atoms with Crippen molar-refractivity contribution in [3.8, 4) is 0 Å². The first-order chi connectivity index (χ1) is 13.5. The summed E-state index contributed by atoms with van der Waals surface area (Å²) in [7, 11) is 0. The molecule has 3 rings (SSSR count). The molecule has 1 amide bonds. The van der Waals surface area contributed by atoms with Gasteiger partial charge in [-0.15, -0.1) is 0 Å². The fourth-order valence-electron chi connectivity index (χ4n) is 3.26. The molecule has 0 aliphatic carbocycles. The second kappa shape index (κ2) is 8.80. The normalized spacial score (nSPS) is 11.1. The summed E-state index contributed by atoms with van der Waals surface area (Å²) in [4.78, 5) is 30.2. The molecule has 2 aromatic carbocycles. The molecule has 6 heteroatoms. The minimum absolute atomic E-state index is 0.0110. The van der Waals surface area contributed by atoms with E-state index in [-0.39, 0.29) is 30.6 Å². The minimum atomic E-state index is -0.307. The molecule has 0 fully saturated rings. The number of benzene rings is 2. The summed E-state index contributed by atoms with van der Waals surface area (Å²) in [5.41, 5.74) is 3.27. The molecule has 0 radical (unpaired) electrons. The monoisotopic (exact) mass is 381 g/mol. The quantitative estimate of drug-likeness (QED) is 0.588. The molecule has 146 valence electrons. The summed E-state index contributed by atoms with van der Waals surface area (Å²) in [5, 5.41) is 3.72. The number of carbonyl (C=O) groups excluding carboxylic acids is 2. The van der Waals surface area contributed by atoms with Gasteiger partial charge in [-0.2, -0.15) is 0 Å². The standard InChI is InChI=1S/C22H24FN3O2/c1-3-26(14-21(28)24-12-16-8-10-17(23)11-9-16)13-20(27)22-15(2)25-19-7-5-4-6-18(19)22/h4-11,25H,3,12-14H2,1-2H3,(H,24,28). The van der Waals surface area contributed by atoms with E-state index in [0.29, 0.717) is 18.7 Å². The summed E-state index contributed by atoms with van der Waals surface area (Å²) >= 11 is 0. The van der Waals surface area contributed by atoms with Gasteiger partial charge in [0.1, 0.15) is 5.82 Å². The SMILES string of the molecule is CCN(CC(=O)NCc1ccc(F)cc1)CC(=O)c1c(C)[nH]c2ccccc12. The number of carbonyl (C=O) groups is 2. The molecule has 2 N–H and O–H groups in total. The topological polar surface area (TPSA) is 65.2 Å². The molecule has 0 aliphatic heterocycles. The third kappa shape index (κ3) is 4.64. The van der Waals surface area contributed by atoms with Gasteiger partial charge < -0.3 is 10.3 Å². The van der Waals surface area contributed by atoms with Gasteiger partial charge in [0, 0.05) is 28.7 Å². The van der Waals surface area contributed by atoms with Crippen LogP contribution in [0, 0.1) is 12.7 Å². The molecule has 0 saturated carbocycles. The second-order valence-electron chi connectivity index (χ2n) is 6.80. The lowest BCUT2D eigenvalue weighted by molar-refractivity contribution is -0.122. The van der Waals surface area contributed by atoms with Crippen LogP contribution in [0.2, 0.25) is 0 Å². The molecule has 1 aromatic heterocycles. The third-order valence-corrected chi connectivity index (χ3v) is 4.76. The molecule has 3 aromatic rings. The van der Waals surface area contributed by atoms with Crippen LogP contribution in [0.25, 0.3) is 10.9 Å². The highest BCUT2D eigenvalue weighted by atomic mass is 19.1. The molecule has 28 heavy (non-hydrogen) atoms. The van der Waals surface area contributed by atoms with E-state index in [0.717, 1.165) is 22.2 Å². The molecule has 0 atom stereocenters. The van der Waals surface area contributed by atoms with E-state index in [4.69, 9.17) is 0 Å². The average Bonchev–Trinajstić information content (AvgIpc) is 3.02. The van der Waals surface area contributed by atoms with Crippen LogP contribution < -0.4 is 5.32 Å². The predicted octanol–water partition coefficient (Wildman–Crippen LogP) is 3.44. The minimum Gasteiger partial charge on any atom is -0.358 e. The Morgan fingerprint density at radius 3 is 2.50 bits per heavy atom. The van der Waals surface area contributed by atoms with Crippen molar-refractivity contribution >= 4 is 22.6 Å². The highest BCUT2D eigenvalue weighted by molar-refractivity contribution is 6.10. The maximum absolute atomic E-state index is 12.9. The van der Waals surface area contributed by atoms with Crippen molar-refractivity contribution in [2.75, 3.05) is 19.6 Å². The number of hydrogen-bond donors (Lipinski definition) is 2. The van der Waals surface area contributed by atoms with E-state index in [1.54, 1.807) is 12.1 Å². The summed E-state index contributed by atoms with van der Waals surface area (Å²) in [6, 6.07) is 13.7. The van der Waals surface area contributed by atoms with Crippen molar-refractivity contribution in [3.63, 3.8) is 0 Å². The first-order valence-corrected chi connectivity index (χ1v) is 9.32. The number of H-pyrrole nitrogens is 1. The molecular weight excluding hydrogens is 357 g/mol. The smallest absolute Gasteiger partial charge is 0.234 e. The van der Waals surface area contributed by atoms with Crippen LogP contribution in [0.4, 0.5) is 4.39 Å². The number of aryl methyl sites for hydroxylation is 1. The van der Waals surface area contributed by atoms with Crippen molar-refractivity contribution in [2.24, 2.45) is 0 Å². The van der Waals surface area contributed by atoms with Gasteiger partial charge in [-0.1, -0.05) is 37.3 Å². The largest absolute Gasteiger partial charge is 0.358 e. The predicted molar refractivity (Wildman–Crippen MR) is 108 cm³/mol. The van der Waals surface area contributed by atoms with Crippen molar-refractivity contribution in [1.82, 2.24) is 15.2 Å². The molecule has 1 heterocycles. The number of nitrogens with one attached hydrogen (secondary N) is 2. The number of amides is 1. The molecular formula is C22H24FN3O2. The number of nitrogens with zero attached hydrogens (tertiary/aromatic N) is 1. The number of likely N-dealkylation sites (N-methyl/N-ethyl adjacent to an activating group) is 1. The number of para-hydroxylation sites is 1. The zero-order valence-corrected chi connectivity index (χ0v) is 16.1. The van der Waals surface area contributed by atoms with Crippen LogP contribution in [-0.2, 0) is 11.3 Å². The Kier molecular flexibility index (Phi) is 6.21. The molecule has 0 unspecified atom stereocenters. The summed E-state index contributed by atoms with van der Waals surface area (Å²) in [5.74, 6) is -0.490. The molecule has 5 nitrogen and oxygen atoms in total. The molecule has 0 spiro atoms. The van der Waals surface area contributed by atoms with E-state index in [1.807, 2.05) is 43.0 Å². The summed E-state index contributed by atoms with van der Waals surface area (Å²) in [6.45, 7) is 5.01. The molecule has 0 aliphatic rings. The van der Waals surface area contributed by atoms with Crippen LogP contribution in [-0.4, -0.2) is 41.2 Å². The van der Waals surface area contributed by atoms with Gasteiger partial charge in [0.05, 0.1) is 13.1 Å². The average molecular weight is 381 g/mol. The van der Waals surface area contributed by atoms with Crippen molar-refractivity contribution < 1.29 is 14.0 Å². The number of fused-ring (bicyclic) bond motifs is 1. The van der Waals surface area contributed by atoms with E-state index < -0.39 is 0 Å². The van der Waals surface area contributed by atoms with E-state index >= 15 is 0 Å². The van der Waals surface area contributed by atoms with Gasteiger partial charge in [-0.05, 0) is 37.2 Å². The fraction of sp³-hybridized carbons (Fsp3) is 0.273. The Hall–Kier alpha value is -2.99. The molecule has 0 bridgehead atoms. The highest BCUT2D eigenvalue weighted by Gasteiger charge is 2.19. The van der Waals surface area contributed by atoms with Crippen LogP contribution >= 0.6 is 0 Å². The van der Waals surface area contributed by atoms with Crippen LogP contribution in [0.5, 0.6) is 0 Å². The first-order valence-electron chi connectivity index (χ1n) is 9.32. The Labute approximate surface area is 163 Å². The lowest BCUT2D eigenvalue weighted by Gasteiger charge is -2.19. The van der Waals surface area contributed by atoms with E-state index in [1.165, 1.54) is 12.1 Å².